The van der Waals surface area contributed by atoms with Gasteiger partial charge in [-0.3, -0.25) is 14.5 Å². The van der Waals surface area contributed by atoms with Crippen LogP contribution < -0.4 is 16.0 Å². The van der Waals surface area contributed by atoms with E-state index in [-0.39, 0.29) is 17.9 Å². The topological polar surface area (TPSA) is 86.4 Å². The first-order valence-corrected chi connectivity index (χ1v) is 9.93. The maximum atomic E-state index is 12.1. The summed E-state index contributed by atoms with van der Waals surface area (Å²) < 4.78 is 0. The Morgan fingerprint density at radius 2 is 2.28 bits per heavy atom. The molecule has 0 aliphatic carbocycles. The third kappa shape index (κ3) is 5.49. The number of amides is 2. The summed E-state index contributed by atoms with van der Waals surface area (Å²) in [5, 5.41) is 11.7. The summed E-state index contributed by atoms with van der Waals surface area (Å²) >= 11 is 1.46. The molecular weight excluding hydrogens is 338 g/mol. The van der Waals surface area contributed by atoms with Gasteiger partial charge in [0.2, 0.25) is 11.8 Å². The molecule has 1 aromatic rings. The standard InChI is InChI=1S/C17H27N5O2S/c1-12(23)20-17-21-14(11-25-17)10-22-7-3-4-13(9-22)8-19-16(24)15-5-2-6-18-15/h11,13,15,18H,2-10H2,1H3,(H,19,24)(H,20,21,23). The third-order valence-corrected chi connectivity index (χ3v) is 5.57. The number of hydrogen-bond acceptors (Lipinski definition) is 6. The van der Waals surface area contributed by atoms with Gasteiger partial charge in [-0.1, -0.05) is 0 Å². The summed E-state index contributed by atoms with van der Waals surface area (Å²) in [6.45, 7) is 6.02. The van der Waals surface area contributed by atoms with Crippen molar-refractivity contribution in [3.05, 3.63) is 11.1 Å². The second-order valence-corrected chi connectivity index (χ2v) is 7.82. The fourth-order valence-corrected chi connectivity index (χ4v) is 4.30. The Bertz CT molecular complexity index is 600. The predicted molar refractivity (Wildman–Crippen MR) is 98.5 cm³/mol. The summed E-state index contributed by atoms with van der Waals surface area (Å²) in [7, 11) is 0. The van der Waals surface area contributed by atoms with Gasteiger partial charge in [0, 0.05) is 31.9 Å². The Morgan fingerprint density at radius 1 is 1.40 bits per heavy atom. The Kier molecular flexibility index (Phi) is 6.39. The molecule has 3 N–H and O–H groups in total. The van der Waals surface area contributed by atoms with E-state index < -0.39 is 0 Å². The van der Waals surface area contributed by atoms with E-state index in [2.05, 4.69) is 25.8 Å². The first kappa shape index (κ1) is 18.3. The average Bonchev–Trinajstić information content (AvgIpc) is 3.25. The highest BCUT2D eigenvalue weighted by molar-refractivity contribution is 7.13. The van der Waals surface area contributed by atoms with Gasteiger partial charge >= 0.3 is 0 Å². The van der Waals surface area contributed by atoms with Crippen LogP contribution in [0, 0.1) is 5.92 Å². The van der Waals surface area contributed by atoms with Crippen LogP contribution in [0.15, 0.2) is 5.38 Å². The van der Waals surface area contributed by atoms with E-state index in [9.17, 15) is 9.59 Å². The molecule has 3 heterocycles. The van der Waals surface area contributed by atoms with Crippen LogP contribution in [0.4, 0.5) is 5.13 Å². The SMILES string of the molecule is CC(=O)Nc1nc(CN2CCCC(CNC(=O)C3CCCN3)C2)cs1. The maximum Gasteiger partial charge on any atom is 0.237 e. The van der Waals surface area contributed by atoms with E-state index in [4.69, 9.17) is 0 Å². The Labute approximate surface area is 152 Å². The number of rotatable bonds is 6. The van der Waals surface area contributed by atoms with Crippen molar-refractivity contribution in [3.63, 3.8) is 0 Å². The average molecular weight is 366 g/mol. The molecule has 1 aromatic heterocycles. The van der Waals surface area contributed by atoms with Crippen molar-refractivity contribution >= 4 is 28.3 Å². The number of thiazole rings is 1. The van der Waals surface area contributed by atoms with Gasteiger partial charge in [0.05, 0.1) is 11.7 Å². The summed E-state index contributed by atoms with van der Waals surface area (Å²) in [5.74, 6) is 0.549. The van der Waals surface area contributed by atoms with Gasteiger partial charge < -0.3 is 16.0 Å². The van der Waals surface area contributed by atoms with Crippen molar-refractivity contribution in [1.82, 2.24) is 20.5 Å². The molecule has 3 rings (SSSR count). The number of nitrogens with one attached hydrogen (secondary N) is 3. The Hall–Kier alpha value is -1.51. The number of anilines is 1. The molecule has 0 aromatic carbocycles. The highest BCUT2D eigenvalue weighted by atomic mass is 32.1. The quantitative estimate of drug-likeness (QED) is 0.705. The molecule has 2 fully saturated rings. The van der Waals surface area contributed by atoms with E-state index in [0.717, 1.165) is 64.1 Å². The second kappa shape index (κ2) is 8.73. The van der Waals surface area contributed by atoms with Crippen LogP contribution in [0.25, 0.3) is 0 Å². The van der Waals surface area contributed by atoms with Crippen LogP contribution in [0.2, 0.25) is 0 Å². The van der Waals surface area contributed by atoms with Gasteiger partial charge in [-0.25, -0.2) is 4.98 Å². The zero-order chi connectivity index (χ0) is 17.6. The summed E-state index contributed by atoms with van der Waals surface area (Å²) in [5.41, 5.74) is 0.994. The fourth-order valence-electron chi connectivity index (χ4n) is 3.55. The monoisotopic (exact) mass is 365 g/mol. The lowest BCUT2D eigenvalue weighted by Gasteiger charge is -2.32. The number of aromatic nitrogens is 1. The first-order chi connectivity index (χ1) is 12.1. The van der Waals surface area contributed by atoms with E-state index in [1.54, 1.807) is 0 Å². The Balaban J connectivity index is 1.43. The number of carbonyl (C=O) groups excluding carboxylic acids is 2. The molecule has 0 bridgehead atoms. The number of likely N-dealkylation sites (tertiary alicyclic amines) is 1. The highest BCUT2D eigenvalue weighted by Crippen LogP contribution is 2.21. The Morgan fingerprint density at radius 3 is 3.04 bits per heavy atom. The normalized spacial score (nSPS) is 24.2. The number of hydrogen-bond donors (Lipinski definition) is 3. The molecule has 2 unspecified atom stereocenters. The summed E-state index contributed by atoms with van der Waals surface area (Å²) in [6.07, 6.45) is 4.33. The highest BCUT2D eigenvalue weighted by Gasteiger charge is 2.25. The van der Waals surface area contributed by atoms with Crippen molar-refractivity contribution in [1.29, 1.82) is 0 Å². The molecule has 0 spiro atoms. The van der Waals surface area contributed by atoms with E-state index >= 15 is 0 Å². The van der Waals surface area contributed by atoms with Gasteiger partial charge in [0.1, 0.15) is 0 Å². The van der Waals surface area contributed by atoms with Crippen LogP contribution in [0.5, 0.6) is 0 Å². The second-order valence-electron chi connectivity index (χ2n) is 6.96. The minimum Gasteiger partial charge on any atom is -0.354 e. The molecule has 0 radical (unpaired) electrons. The van der Waals surface area contributed by atoms with Gasteiger partial charge in [-0.15, -0.1) is 11.3 Å². The van der Waals surface area contributed by atoms with Crippen LogP contribution in [-0.2, 0) is 16.1 Å². The molecule has 2 aliphatic heterocycles. The summed E-state index contributed by atoms with van der Waals surface area (Å²) in [4.78, 5) is 30.1. The largest absolute Gasteiger partial charge is 0.354 e. The molecule has 138 valence electrons. The van der Waals surface area contributed by atoms with Crippen LogP contribution >= 0.6 is 11.3 Å². The lowest BCUT2D eigenvalue weighted by atomic mass is 9.97. The molecule has 7 nitrogen and oxygen atoms in total. The maximum absolute atomic E-state index is 12.1. The minimum absolute atomic E-state index is 0.00176. The number of piperidine rings is 1. The number of carbonyl (C=O) groups is 2. The van der Waals surface area contributed by atoms with Gasteiger partial charge in [-0.05, 0) is 44.7 Å². The van der Waals surface area contributed by atoms with Crippen LogP contribution in [-0.4, -0.2) is 53.9 Å². The van der Waals surface area contributed by atoms with Gasteiger partial charge in [0.25, 0.3) is 0 Å². The number of nitrogens with zero attached hydrogens (tertiary/aromatic N) is 2. The van der Waals surface area contributed by atoms with Crippen LogP contribution in [0.1, 0.15) is 38.3 Å². The summed E-state index contributed by atoms with van der Waals surface area (Å²) in [6, 6.07) is 0.00176. The molecule has 2 amide bonds. The molecule has 0 saturated carbocycles. The molecule has 2 aliphatic rings. The van der Waals surface area contributed by atoms with Gasteiger partial charge in [-0.2, -0.15) is 0 Å². The predicted octanol–water partition coefficient (Wildman–Crippen LogP) is 1.18. The van der Waals surface area contributed by atoms with Crippen molar-refractivity contribution in [2.24, 2.45) is 5.92 Å². The first-order valence-electron chi connectivity index (χ1n) is 9.05. The van der Waals surface area contributed by atoms with Crippen molar-refractivity contribution in [2.75, 3.05) is 31.5 Å². The molecular formula is C17H27N5O2S. The van der Waals surface area contributed by atoms with Crippen LogP contribution in [0.3, 0.4) is 0 Å². The van der Waals surface area contributed by atoms with Crippen molar-refractivity contribution < 1.29 is 9.59 Å². The zero-order valence-electron chi connectivity index (χ0n) is 14.7. The molecule has 2 saturated heterocycles. The van der Waals surface area contributed by atoms with E-state index in [1.165, 1.54) is 18.3 Å². The van der Waals surface area contributed by atoms with Crippen molar-refractivity contribution in [2.45, 2.75) is 45.2 Å². The third-order valence-electron chi connectivity index (χ3n) is 4.77. The lowest BCUT2D eigenvalue weighted by Crippen LogP contribution is -2.45. The van der Waals surface area contributed by atoms with Crippen molar-refractivity contribution in [3.8, 4) is 0 Å². The molecule has 2 atom stereocenters. The van der Waals surface area contributed by atoms with Gasteiger partial charge in [0.15, 0.2) is 5.13 Å². The zero-order valence-corrected chi connectivity index (χ0v) is 15.5. The smallest absolute Gasteiger partial charge is 0.237 e. The van der Waals surface area contributed by atoms with E-state index in [1.807, 2.05) is 5.38 Å². The lowest BCUT2D eigenvalue weighted by molar-refractivity contribution is -0.123. The van der Waals surface area contributed by atoms with E-state index in [0.29, 0.717) is 11.0 Å². The molecule has 8 heteroatoms. The fraction of sp³-hybridized carbons (Fsp3) is 0.706. The molecule has 25 heavy (non-hydrogen) atoms. The minimum atomic E-state index is -0.0913.